The summed E-state index contributed by atoms with van der Waals surface area (Å²) in [5, 5.41) is 16.9. The number of alkyl halides is 3. The van der Waals surface area contributed by atoms with Crippen LogP contribution in [-0.4, -0.2) is 41.5 Å². The lowest BCUT2D eigenvalue weighted by atomic mass is 9.76. The molecule has 0 amide bonds. The molecule has 1 aromatic heterocycles. The first-order chi connectivity index (χ1) is 14.3. The average molecular weight is 495 g/mol. The Morgan fingerprint density at radius 3 is 2.45 bits per heavy atom. The Labute approximate surface area is 184 Å². The second-order valence-electron chi connectivity index (χ2n) is 7.36. The highest BCUT2D eigenvalue weighted by Gasteiger charge is 2.61. The van der Waals surface area contributed by atoms with Crippen molar-refractivity contribution < 1.29 is 26.7 Å². The van der Waals surface area contributed by atoms with Crippen LogP contribution in [0.2, 0.25) is 10.0 Å². The van der Waals surface area contributed by atoms with Crippen LogP contribution in [0, 0.1) is 0 Å². The van der Waals surface area contributed by atoms with Crippen molar-refractivity contribution in [2.75, 3.05) is 5.73 Å². The first-order valence-electron chi connectivity index (χ1n) is 8.86. The zero-order valence-electron chi connectivity index (χ0n) is 15.5. The molecule has 1 aliphatic rings. The summed E-state index contributed by atoms with van der Waals surface area (Å²) in [4.78, 5) is -0.233. The molecule has 5 N–H and O–H groups in total. The number of benzene rings is 2. The number of nitrogen functional groups attached to an aromatic ring is 1. The molecule has 0 radical (unpaired) electrons. The van der Waals surface area contributed by atoms with Gasteiger partial charge in [-0.25, -0.2) is 13.1 Å². The fourth-order valence-electron chi connectivity index (χ4n) is 3.54. The number of halogens is 5. The van der Waals surface area contributed by atoms with Crippen molar-refractivity contribution in [3.05, 3.63) is 40.4 Å². The van der Waals surface area contributed by atoms with Crippen LogP contribution in [0.15, 0.2) is 35.2 Å². The van der Waals surface area contributed by atoms with Crippen LogP contribution in [0.4, 0.5) is 19.0 Å². The minimum Gasteiger partial charge on any atom is -0.382 e. The number of nitrogens with zero attached hydrogens (tertiary/aromatic N) is 1. The molecule has 13 heteroatoms. The van der Waals surface area contributed by atoms with Crippen molar-refractivity contribution in [1.29, 1.82) is 0 Å². The number of fused-ring (bicyclic) bond motifs is 1. The number of rotatable bonds is 4. The number of nitrogens with two attached hydrogens (primary N) is 1. The molecule has 0 saturated heterocycles. The smallest absolute Gasteiger partial charge is 0.382 e. The van der Waals surface area contributed by atoms with Crippen molar-refractivity contribution >= 4 is 49.9 Å². The first-order valence-corrected chi connectivity index (χ1v) is 11.1. The fourth-order valence-corrected chi connectivity index (χ4v) is 5.52. The van der Waals surface area contributed by atoms with Crippen LogP contribution < -0.4 is 10.5 Å². The van der Waals surface area contributed by atoms with E-state index in [2.05, 4.69) is 14.9 Å². The lowest BCUT2D eigenvalue weighted by Crippen LogP contribution is -2.62. The number of anilines is 1. The van der Waals surface area contributed by atoms with Gasteiger partial charge in [0, 0.05) is 35.0 Å². The van der Waals surface area contributed by atoms with Crippen LogP contribution in [0.3, 0.4) is 0 Å². The third-order valence-corrected chi connectivity index (χ3v) is 7.48. The van der Waals surface area contributed by atoms with E-state index in [1.54, 1.807) is 12.1 Å². The number of aliphatic hydroxyl groups is 1. The Balaban J connectivity index is 1.60. The third-order valence-electron chi connectivity index (χ3n) is 5.25. The normalized spacial score (nSPS) is 21.9. The first kappa shape index (κ1) is 22.2. The fraction of sp³-hybridized carbons (Fsp3) is 0.278. The number of aromatic amines is 1. The Morgan fingerprint density at radius 2 is 1.84 bits per heavy atom. The topological polar surface area (TPSA) is 121 Å². The molecule has 7 nitrogen and oxygen atoms in total. The number of H-pyrrole nitrogens is 1. The molecular formula is C18H15Cl2F3N4O3S. The summed E-state index contributed by atoms with van der Waals surface area (Å²) >= 11 is 12.7. The van der Waals surface area contributed by atoms with Crippen LogP contribution in [-0.2, 0) is 10.0 Å². The lowest BCUT2D eigenvalue weighted by Gasteiger charge is -2.44. The summed E-state index contributed by atoms with van der Waals surface area (Å²) < 4.78 is 65.5. The molecule has 1 fully saturated rings. The maximum absolute atomic E-state index is 12.7. The molecule has 0 aliphatic heterocycles. The van der Waals surface area contributed by atoms with E-state index in [4.69, 9.17) is 28.9 Å². The molecule has 0 atom stereocenters. The van der Waals surface area contributed by atoms with Crippen LogP contribution in [0.1, 0.15) is 12.8 Å². The summed E-state index contributed by atoms with van der Waals surface area (Å²) in [7, 11) is -4.16. The van der Waals surface area contributed by atoms with Crippen molar-refractivity contribution in [3.63, 3.8) is 0 Å². The molecule has 166 valence electrons. The minimum absolute atomic E-state index is 0.0617. The Hall–Kier alpha value is -2.05. The molecule has 0 unspecified atom stereocenters. The van der Waals surface area contributed by atoms with Crippen molar-refractivity contribution in [2.45, 2.75) is 35.6 Å². The van der Waals surface area contributed by atoms with Gasteiger partial charge >= 0.3 is 6.18 Å². The van der Waals surface area contributed by atoms with Gasteiger partial charge in [-0.15, -0.1) is 0 Å². The molecule has 2 aromatic carbocycles. The molecular weight excluding hydrogens is 480 g/mol. The largest absolute Gasteiger partial charge is 0.417 e. The van der Waals surface area contributed by atoms with E-state index >= 15 is 0 Å². The third kappa shape index (κ3) is 3.74. The summed E-state index contributed by atoms with van der Waals surface area (Å²) in [5.74, 6) is 0.195. The summed E-state index contributed by atoms with van der Waals surface area (Å²) in [6.07, 6.45) is -6.34. The second-order valence-corrected chi connectivity index (χ2v) is 9.86. The van der Waals surface area contributed by atoms with Gasteiger partial charge in [-0.1, -0.05) is 35.3 Å². The second kappa shape index (κ2) is 7.24. The number of nitrogens with one attached hydrogen (secondary N) is 2. The lowest BCUT2D eigenvalue weighted by molar-refractivity contribution is -0.290. The number of sulfonamides is 1. The minimum atomic E-state index is -4.82. The van der Waals surface area contributed by atoms with E-state index in [9.17, 15) is 26.7 Å². The van der Waals surface area contributed by atoms with Gasteiger partial charge in [0.25, 0.3) is 0 Å². The molecule has 1 saturated carbocycles. The van der Waals surface area contributed by atoms with E-state index in [0.717, 1.165) is 0 Å². The highest BCUT2D eigenvalue weighted by atomic mass is 35.5. The number of aromatic nitrogens is 2. The van der Waals surface area contributed by atoms with Gasteiger partial charge in [-0.3, -0.25) is 5.10 Å². The van der Waals surface area contributed by atoms with Crippen LogP contribution in [0.25, 0.3) is 22.0 Å². The molecule has 4 rings (SSSR count). The van der Waals surface area contributed by atoms with Crippen molar-refractivity contribution in [2.24, 2.45) is 0 Å². The Kier molecular flexibility index (Phi) is 5.17. The monoisotopic (exact) mass is 494 g/mol. The highest BCUT2D eigenvalue weighted by Crippen LogP contribution is 2.45. The summed E-state index contributed by atoms with van der Waals surface area (Å²) in [6, 6.07) is 6.19. The maximum atomic E-state index is 12.7. The number of hydrogen-bond donors (Lipinski definition) is 4. The molecule has 1 heterocycles. The predicted octanol–water partition coefficient (Wildman–Crippen LogP) is 3.85. The van der Waals surface area contributed by atoms with E-state index < -0.39 is 40.7 Å². The van der Waals surface area contributed by atoms with Crippen molar-refractivity contribution in [1.82, 2.24) is 14.9 Å². The van der Waals surface area contributed by atoms with Gasteiger partial charge < -0.3 is 10.8 Å². The van der Waals surface area contributed by atoms with Crippen LogP contribution in [0.5, 0.6) is 0 Å². The zero-order chi connectivity index (χ0) is 22.8. The van der Waals surface area contributed by atoms with E-state index in [0.29, 0.717) is 22.0 Å². The van der Waals surface area contributed by atoms with Gasteiger partial charge in [-0.05, 0) is 18.2 Å². The van der Waals surface area contributed by atoms with Gasteiger partial charge in [-0.2, -0.15) is 18.3 Å². The Morgan fingerprint density at radius 1 is 1.19 bits per heavy atom. The predicted molar refractivity (Wildman–Crippen MR) is 110 cm³/mol. The molecule has 0 spiro atoms. The SMILES string of the molecule is Nc1n[nH]c2ccc(-c3ccc(S(=O)(=O)NC4CC(O)(C(F)(F)F)C4)cc3Cl)c(Cl)c12. The van der Waals surface area contributed by atoms with Gasteiger partial charge in [0.05, 0.1) is 20.8 Å². The van der Waals surface area contributed by atoms with Gasteiger partial charge in [0.1, 0.15) is 0 Å². The standard InChI is InChI=1S/C18H15Cl2F3N4O3S/c19-12-5-9(31(29,30)27-8-6-17(28,7-8)18(21,22)23)1-2-10(12)11-3-4-13-14(15(11)20)16(24)26-25-13/h1-5,8,27-28H,6-7H2,(H3,24,25,26). The molecule has 31 heavy (non-hydrogen) atoms. The van der Waals surface area contributed by atoms with E-state index in [-0.39, 0.29) is 20.8 Å². The van der Waals surface area contributed by atoms with Gasteiger partial charge in [0.15, 0.2) is 11.4 Å². The summed E-state index contributed by atoms with van der Waals surface area (Å²) in [6.45, 7) is 0. The van der Waals surface area contributed by atoms with Crippen molar-refractivity contribution in [3.8, 4) is 11.1 Å². The molecule has 0 bridgehead atoms. The quantitative estimate of drug-likeness (QED) is 0.438. The molecule has 1 aliphatic carbocycles. The average Bonchev–Trinajstić information content (AvgIpc) is 3.02. The van der Waals surface area contributed by atoms with E-state index in [1.807, 2.05) is 0 Å². The van der Waals surface area contributed by atoms with Gasteiger partial charge in [0.2, 0.25) is 10.0 Å². The maximum Gasteiger partial charge on any atom is 0.417 e. The van der Waals surface area contributed by atoms with E-state index in [1.165, 1.54) is 18.2 Å². The molecule has 3 aromatic rings. The number of hydrogen-bond acceptors (Lipinski definition) is 5. The highest BCUT2D eigenvalue weighted by molar-refractivity contribution is 7.89. The Bertz CT molecular complexity index is 1290. The zero-order valence-corrected chi connectivity index (χ0v) is 17.8. The summed E-state index contributed by atoms with van der Waals surface area (Å²) in [5.41, 5.74) is 4.48. The van der Waals surface area contributed by atoms with Crippen LogP contribution >= 0.6 is 23.2 Å².